The van der Waals surface area contributed by atoms with Crippen LogP contribution in [0.15, 0.2) is 18.2 Å². The Bertz CT molecular complexity index is 580. The highest BCUT2D eigenvalue weighted by molar-refractivity contribution is 7.71. The van der Waals surface area contributed by atoms with E-state index >= 15 is 0 Å². The Kier molecular flexibility index (Phi) is 3.04. The van der Waals surface area contributed by atoms with Crippen molar-refractivity contribution in [2.75, 3.05) is 0 Å². The van der Waals surface area contributed by atoms with Crippen LogP contribution < -0.4 is 0 Å². The molecule has 7 heteroatoms. The maximum Gasteiger partial charge on any atom is 0.200 e. The summed E-state index contributed by atoms with van der Waals surface area (Å²) in [5.41, 5.74) is 0.162. The number of aromatic amines is 1. The topological polar surface area (TPSA) is 53.8 Å². The number of hydrogen-bond donors (Lipinski definition) is 2. The molecule has 0 fully saturated rings. The largest absolute Gasteiger partial charge is 0.388 e. The van der Waals surface area contributed by atoms with E-state index in [0.29, 0.717) is 5.02 Å². The first-order chi connectivity index (χ1) is 7.63. The van der Waals surface area contributed by atoms with Gasteiger partial charge in [0, 0.05) is 5.02 Å². The molecule has 0 radical (unpaired) electrons. The van der Waals surface area contributed by atoms with E-state index in [2.05, 4.69) is 10.2 Å². The summed E-state index contributed by atoms with van der Waals surface area (Å²) in [5, 5.41) is 15.7. The molecule has 0 amide bonds. The third-order valence-electron chi connectivity index (χ3n) is 2.03. The molecule has 1 aromatic heterocycles. The Balaban J connectivity index is 2.71. The van der Waals surface area contributed by atoms with Crippen molar-refractivity contribution in [1.29, 1.82) is 0 Å². The molecule has 0 saturated heterocycles. The van der Waals surface area contributed by atoms with Crippen molar-refractivity contribution in [2.45, 2.75) is 6.61 Å². The van der Waals surface area contributed by atoms with Crippen LogP contribution in [0, 0.1) is 10.6 Å². The quantitative estimate of drug-likeness (QED) is 0.813. The monoisotopic (exact) mass is 259 g/mol. The minimum Gasteiger partial charge on any atom is -0.388 e. The predicted octanol–water partition coefficient (Wildman–Crippen LogP) is 2.21. The first-order valence-electron chi connectivity index (χ1n) is 4.36. The molecule has 2 N–H and O–H groups in total. The summed E-state index contributed by atoms with van der Waals surface area (Å²) in [6.07, 6.45) is 0. The van der Waals surface area contributed by atoms with E-state index in [1.807, 2.05) is 0 Å². The van der Waals surface area contributed by atoms with Gasteiger partial charge in [0.1, 0.15) is 12.4 Å². The molecule has 0 aliphatic carbocycles. The Hall–Kier alpha value is -1.24. The molecule has 0 bridgehead atoms. The van der Waals surface area contributed by atoms with Crippen LogP contribution in [0.4, 0.5) is 4.39 Å². The fourth-order valence-corrected chi connectivity index (χ4v) is 1.76. The highest BCUT2D eigenvalue weighted by Gasteiger charge is 2.11. The summed E-state index contributed by atoms with van der Waals surface area (Å²) in [7, 11) is 0. The number of aliphatic hydroxyl groups excluding tert-OH is 1. The molecule has 0 aliphatic rings. The Labute approximate surface area is 100 Å². The number of hydrogen-bond acceptors (Lipinski definition) is 3. The molecule has 0 unspecified atom stereocenters. The smallest absolute Gasteiger partial charge is 0.200 e. The van der Waals surface area contributed by atoms with Gasteiger partial charge in [-0.3, -0.25) is 9.67 Å². The highest BCUT2D eigenvalue weighted by atomic mass is 35.5. The number of aromatic nitrogens is 3. The van der Waals surface area contributed by atoms with Gasteiger partial charge in [-0.05, 0) is 30.4 Å². The third-order valence-corrected chi connectivity index (χ3v) is 2.54. The Morgan fingerprint density at radius 2 is 2.31 bits per heavy atom. The SMILES string of the molecule is OCc1n[nH]c(=S)n1-c1cc(Cl)ccc1F. The highest BCUT2D eigenvalue weighted by Crippen LogP contribution is 2.20. The van der Waals surface area contributed by atoms with E-state index in [0.717, 1.165) is 0 Å². The fraction of sp³-hybridized carbons (Fsp3) is 0.111. The molecule has 2 aromatic rings. The minimum absolute atomic E-state index is 0.162. The van der Waals surface area contributed by atoms with Crippen LogP contribution in [0.1, 0.15) is 5.82 Å². The molecule has 0 aliphatic heterocycles. The maximum atomic E-state index is 13.6. The molecule has 0 saturated carbocycles. The van der Waals surface area contributed by atoms with Crippen LogP contribution in [0.5, 0.6) is 0 Å². The number of rotatable bonds is 2. The lowest BCUT2D eigenvalue weighted by molar-refractivity contribution is 0.268. The van der Waals surface area contributed by atoms with Gasteiger partial charge in [-0.15, -0.1) is 0 Å². The molecule has 16 heavy (non-hydrogen) atoms. The number of H-pyrrole nitrogens is 1. The molecule has 0 spiro atoms. The van der Waals surface area contributed by atoms with Gasteiger partial charge in [-0.1, -0.05) is 11.6 Å². The summed E-state index contributed by atoms with van der Waals surface area (Å²) in [6, 6.07) is 4.08. The second kappa shape index (κ2) is 4.32. The van der Waals surface area contributed by atoms with Crippen molar-refractivity contribution in [2.24, 2.45) is 0 Å². The lowest BCUT2D eigenvalue weighted by Crippen LogP contribution is -2.03. The summed E-state index contributed by atoms with van der Waals surface area (Å²) in [6.45, 7) is -0.348. The van der Waals surface area contributed by atoms with E-state index in [-0.39, 0.29) is 22.9 Å². The molecule has 2 rings (SSSR count). The predicted molar refractivity (Wildman–Crippen MR) is 59.6 cm³/mol. The minimum atomic E-state index is -0.489. The lowest BCUT2D eigenvalue weighted by atomic mass is 10.3. The zero-order valence-corrected chi connectivity index (χ0v) is 9.52. The van der Waals surface area contributed by atoms with Crippen molar-refractivity contribution < 1.29 is 9.50 Å². The third kappa shape index (κ3) is 1.87. The van der Waals surface area contributed by atoms with Gasteiger partial charge in [0.25, 0.3) is 0 Å². The molecular weight excluding hydrogens is 253 g/mol. The zero-order chi connectivity index (χ0) is 11.7. The van der Waals surface area contributed by atoms with Gasteiger partial charge in [0.15, 0.2) is 10.6 Å². The van der Waals surface area contributed by atoms with Crippen LogP contribution in [0.3, 0.4) is 0 Å². The average molecular weight is 260 g/mol. The van der Waals surface area contributed by atoms with Crippen LogP contribution in [-0.4, -0.2) is 19.9 Å². The second-order valence-corrected chi connectivity index (χ2v) is 3.86. The van der Waals surface area contributed by atoms with E-state index in [1.165, 1.54) is 22.8 Å². The van der Waals surface area contributed by atoms with Gasteiger partial charge in [0.2, 0.25) is 0 Å². The zero-order valence-electron chi connectivity index (χ0n) is 7.94. The van der Waals surface area contributed by atoms with E-state index in [9.17, 15) is 4.39 Å². The lowest BCUT2D eigenvalue weighted by Gasteiger charge is -2.06. The van der Waals surface area contributed by atoms with Crippen LogP contribution in [0.2, 0.25) is 5.02 Å². The number of nitrogens with zero attached hydrogens (tertiary/aromatic N) is 2. The second-order valence-electron chi connectivity index (χ2n) is 3.03. The molecule has 1 aromatic carbocycles. The van der Waals surface area contributed by atoms with Gasteiger partial charge in [-0.25, -0.2) is 4.39 Å². The number of halogens is 2. The fourth-order valence-electron chi connectivity index (χ4n) is 1.34. The van der Waals surface area contributed by atoms with Crippen LogP contribution in [-0.2, 0) is 6.61 Å². The summed E-state index contributed by atoms with van der Waals surface area (Å²) in [4.78, 5) is 0. The van der Waals surface area contributed by atoms with E-state index in [4.69, 9.17) is 28.9 Å². The normalized spacial score (nSPS) is 10.7. The summed E-state index contributed by atoms with van der Waals surface area (Å²) >= 11 is 10.7. The van der Waals surface area contributed by atoms with Gasteiger partial charge < -0.3 is 5.11 Å². The van der Waals surface area contributed by atoms with E-state index in [1.54, 1.807) is 0 Å². The standard InChI is InChI=1S/C9H7ClFN3OS/c10-5-1-2-6(11)7(3-5)14-8(4-15)12-13-9(14)16/h1-3,15H,4H2,(H,13,16). The number of benzene rings is 1. The van der Waals surface area contributed by atoms with Gasteiger partial charge in [-0.2, -0.15) is 5.10 Å². The molecule has 0 atom stereocenters. The van der Waals surface area contributed by atoms with Crippen molar-refractivity contribution >= 4 is 23.8 Å². The number of nitrogens with one attached hydrogen (secondary N) is 1. The Morgan fingerprint density at radius 3 is 3.00 bits per heavy atom. The maximum absolute atomic E-state index is 13.6. The van der Waals surface area contributed by atoms with Crippen molar-refractivity contribution in [3.05, 3.63) is 39.6 Å². The molecular formula is C9H7ClFN3OS. The average Bonchev–Trinajstić information content (AvgIpc) is 2.63. The van der Waals surface area contributed by atoms with Crippen molar-refractivity contribution in [1.82, 2.24) is 14.8 Å². The van der Waals surface area contributed by atoms with Crippen LogP contribution >= 0.6 is 23.8 Å². The van der Waals surface area contributed by atoms with Gasteiger partial charge in [0.05, 0.1) is 5.69 Å². The Morgan fingerprint density at radius 1 is 1.56 bits per heavy atom. The first kappa shape index (κ1) is 11.3. The van der Waals surface area contributed by atoms with Crippen molar-refractivity contribution in [3.63, 3.8) is 0 Å². The molecule has 4 nitrogen and oxygen atoms in total. The van der Waals surface area contributed by atoms with Gasteiger partial charge >= 0.3 is 0 Å². The number of aliphatic hydroxyl groups is 1. The first-order valence-corrected chi connectivity index (χ1v) is 5.14. The van der Waals surface area contributed by atoms with Crippen molar-refractivity contribution in [3.8, 4) is 5.69 Å². The molecule has 1 heterocycles. The summed E-state index contributed by atoms with van der Waals surface area (Å²) in [5.74, 6) is -0.261. The van der Waals surface area contributed by atoms with E-state index < -0.39 is 5.82 Å². The summed E-state index contributed by atoms with van der Waals surface area (Å²) < 4.78 is 15.1. The van der Waals surface area contributed by atoms with Crippen LogP contribution in [0.25, 0.3) is 5.69 Å². The molecule has 84 valence electrons.